The highest BCUT2D eigenvalue weighted by Gasteiger charge is 2.12. The molecule has 1 heteroatoms. The van der Waals surface area contributed by atoms with E-state index in [2.05, 4.69) is 139 Å². The van der Waals surface area contributed by atoms with Gasteiger partial charge in [-0.2, -0.15) is 0 Å². The van der Waals surface area contributed by atoms with Crippen molar-refractivity contribution in [2.45, 2.75) is 0 Å². The van der Waals surface area contributed by atoms with E-state index in [1.54, 1.807) is 0 Å². The Bertz CT molecular complexity index is 1510. The van der Waals surface area contributed by atoms with Gasteiger partial charge in [-0.1, -0.05) is 121 Å². The number of benzene rings is 6. The third-order valence-electron chi connectivity index (χ3n) is 6.24. The Hall–Kier alpha value is -4.36. The number of fused-ring (bicyclic) bond motifs is 2. The van der Waals surface area contributed by atoms with Crippen molar-refractivity contribution in [3.63, 3.8) is 0 Å². The first kappa shape index (κ1) is 19.3. The van der Waals surface area contributed by atoms with Crippen molar-refractivity contribution >= 4 is 32.9 Å². The fraction of sp³-hybridized carbons (Fsp3) is 0. The molecule has 0 atom stereocenters. The maximum absolute atomic E-state index is 3.87. The van der Waals surface area contributed by atoms with Crippen LogP contribution in [0.25, 0.3) is 43.8 Å². The molecule has 0 spiro atoms. The Labute approximate surface area is 194 Å². The third kappa shape index (κ3) is 3.64. The summed E-state index contributed by atoms with van der Waals surface area (Å²) in [6, 6.07) is 47.3. The van der Waals surface area contributed by atoms with Crippen LogP contribution >= 0.6 is 0 Å². The van der Waals surface area contributed by atoms with E-state index in [-0.39, 0.29) is 0 Å². The summed E-state index contributed by atoms with van der Waals surface area (Å²) in [5.41, 5.74) is 7.04. The fourth-order valence-electron chi connectivity index (χ4n) is 4.61. The highest BCUT2D eigenvalue weighted by atomic mass is 14.9. The minimum atomic E-state index is 1.10. The van der Waals surface area contributed by atoms with Crippen molar-refractivity contribution in [3.8, 4) is 22.3 Å². The number of anilines is 2. The molecule has 1 nitrogen and oxygen atoms in total. The predicted molar refractivity (Wildman–Crippen MR) is 142 cm³/mol. The zero-order valence-corrected chi connectivity index (χ0v) is 18.2. The summed E-state index contributed by atoms with van der Waals surface area (Å²) in [5, 5.41) is 8.78. The minimum Gasteiger partial charge on any atom is -0.354 e. The second-order valence-electron chi connectivity index (χ2n) is 8.31. The lowest BCUT2D eigenvalue weighted by Gasteiger charge is -2.18. The van der Waals surface area contributed by atoms with Gasteiger partial charge < -0.3 is 5.32 Å². The molecule has 0 amide bonds. The Balaban J connectivity index is 1.59. The molecular weight excluding hydrogens is 398 g/mol. The molecule has 0 heterocycles. The van der Waals surface area contributed by atoms with Crippen LogP contribution in [0.15, 0.2) is 133 Å². The number of nitrogens with one attached hydrogen (secondary N) is 1. The van der Waals surface area contributed by atoms with Gasteiger partial charge in [0.05, 0.1) is 5.69 Å². The second kappa shape index (κ2) is 8.29. The summed E-state index contributed by atoms with van der Waals surface area (Å²) in [6.07, 6.45) is 0. The molecule has 156 valence electrons. The summed E-state index contributed by atoms with van der Waals surface area (Å²) in [5.74, 6) is 0. The highest BCUT2D eigenvalue weighted by molar-refractivity contribution is 6.12. The summed E-state index contributed by atoms with van der Waals surface area (Å²) >= 11 is 0. The Kier molecular flexibility index (Phi) is 4.86. The molecule has 0 aliphatic carbocycles. The van der Waals surface area contributed by atoms with Crippen LogP contribution in [0.1, 0.15) is 0 Å². The lowest BCUT2D eigenvalue weighted by molar-refractivity contribution is 1.55. The SMILES string of the molecule is c1ccc(-c2ccc(-c3ccccc3)c(Nc3c4ccccc4cc4ccccc34)c2)cc1. The highest BCUT2D eigenvalue weighted by Crippen LogP contribution is 2.39. The molecule has 0 unspecified atom stereocenters. The van der Waals surface area contributed by atoms with E-state index < -0.39 is 0 Å². The zero-order chi connectivity index (χ0) is 22.0. The molecule has 6 rings (SSSR count). The van der Waals surface area contributed by atoms with E-state index >= 15 is 0 Å². The van der Waals surface area contributed by atoms with E-state index in [1.807, 2.05) is 0 Å². The summed E-state index contributed by atoms with van der Waals surface area (Å²) in [6.45, 7) is 0. The van der Waals surface area contributed by atoms with Gasteiger partial charge in [-0.05, 0) is 39.6 Å². The Morgan fingerprint density at radius 3 is 1.58 bits per heavy atom. The van der Waals surface area contributed by atoms with Gasteiger partial charge in [0, 0.05) is 22.0 Å². The van der Waals surface area contributed by atoms with E-state index in [1.165, 1.54) is 43.8 Å². The molecule has 6 aromatic carbocycles. The summed E-state index contributed by atoms with van der Waals surface area (Å²) in [7, 11) is 0. The van der Waals surface area contributed by atoms with Gasteiger partial charge >= 0.3 is 0 Å². The maximum Gasteiger partial charge on any atom is 0.0543 e. The van der Waals surface area contributed by atoms with Gasteiger partial charge in [-0.25, -0.2) is 0 Å². The Morgan fingerprint density at radius 1 is 0.394 bits per heavy atom. The number of hydrogen-bond donors (Lipinski definition) is 1. The van der Waals surface area contributed by atoms with Crippen LogP contribution in [0, 0.1) is 0 Å². The smallest absolute Gasteiger partial charge is 0.0543 e. The van der Waals surface area contributed by atoms with Gasteiger partial charge in [0.15, 0.2) is 0 Å². The average Bonchev–Trinajstić information content (AvgIpc) is 2.89. The summed E-state index contributed by atoms with van der Waals surface area (Å²) in [4.78, 5) is 0. The molecule has 0 aliphatic rings. The second-order valence-corrected chi connectivity index (χ2v) is 8.31. The number of hydrogen-bond acceptors (Lipinski definition) is 1. The van der Waals surface area contributed by atoms with Crippen LogP contribution in [-0.2, 0) is 0 Å². The van der Waals surface area contributed by atoms with E-state index in [9.17, 15) is 0 Å². The number of rotatable bonds is 4. The van der Waals surface area contributed by atoms with Crippen molar-refractivity contribution in [1.82, 2.24) is 0 Å². The van der Waals surface area contributed by atoms with E-state index in [0.29, 0.717) is 0 Å². The zero-order valence-electron chi connectivity index (χ0n) is 18.2. The van der Waals surface area contributed by atoms with Crippen molar-refractivity contribution in [3.05, 3.63) is 133 Å². The van der Waals surface area contributed by atoms with Crippen molar-refractivity contribution in [2.75, 3.05) is 5.32 Å². The van der Waals surface area contributed by atoms with Crippen molar-refractivity contribution in [1.29, 1.82) is 0 Å². The van der Waals surface area contributed by atoms with Crippen LogP contribution in [0.4, 0.5) is 11.4 Å². The Morgan fingerprint density at radius 2 is 0.939 bits per heavy atom. The minimum absolute atomic E-state index is 1.10. The largest absolute Gasteiger partial charge is 0.354 e. The predicted octanol–water partition coefficient (Wildman–Crippen LogP) is 9.07. The lowest BCUT2D eigenvalue weighted by Crippen LogP contribution is -1.97. The van der Waals surface area contributed by atoms with Crippen LogP contribution in [0.5, 0.6) is 0 Å². The first-order chi connectivity index (χ1) is 16.4. The molecule has 1 N–H and O–H groups in total. The average molecular weight is 422 g/mol. The fourth-order valence-corrected chi connectivity index (χ4v) is 4.61. The van der Waals surface area contributed by atoms with E-state index in [4.69, 9.17) is 0 Å². The molecule has 0 saturated carbocycles. The standard InChI is InChI=1S/C32H23N/c1-3-11-23(12-4-1)25-19-20-28(24-13-5-2-6-14-24)31(22-25)33-32-29-17-9-7-15-26(29)21-27-16-8-10-18-30(27)32/h1-22,33H. The molecule has 0 saturated heterocycles. The normalized spacial score (nSPS) is 11.0. The first-order valence-electron chi connectivity index (χ1n) is 11.3. The van der Waals surface area contributed by atoms with E-state index in [0.717, 1.165) is 11.4 Å². The monoisotopic (exact) mass is 421 g/mol. The molecule has 0 aromatic heterocycles. The van der Waals surface area contributed by atoms with Crippen LogP contribution in [0.2, 0.25) is 0 Å². The molecule has 0 bridgehead atoms. The van der Waals surface area contributed by atoms with Gasteiger partial charge in [0.25, 0.3) is 0 Å². The molecule has 0 fully saturated rings. The quantitative estimate of drug-likeness (QED) is 0.280. The molecule has 0 radical (unpaired) electrons. The van der Waals surface area contributed by atoms with Crippen LogP contribution in [0.3, 0.4) is 0 Å². The van der Waals surface area contributed by atoms with Gasteiger partial charge in [0.2, 0.25) is 0 Å². The topological polar surface area (TPSA) is 12.0 Å². The van der Waals surface area contributed by atoms with Crippen molar-refractivity contribution < 1.29 is 0 Å². The maximum atomic E-state index is 3.87. The van der Waals surface area contributed by atoms with Gasteiger partial charge in [-0.3, -0.25) is 0 Å². The molecule has 0 aliphatic heterocycles. The van der Waals surface area contributed by atoms with Crippen molar-refractivity contribution in [2.24, 2.45) is 0 Å². The van der Waals surface area contributed by atoms with Gasteiger partial charge in [-0.15, -0.1) is 0 Å². The van der Waals surface area contributed by atoms with Crippen LogP contribution in [-0.4, -0.2) is 0 Å². The third-order valence-corrected chi connectivity index (χ3v) is 6.24. The molecule has 33 heavy (non-hydrogen) atoms. The van der Waals surface area contributed by atoms with Crippen LogP contribution < -0.4 is 5.32 Å². The molecular formula is C32H23N. The summed E-state index contributed by atoms with van der Waals surface area (Å²) < 4.78 is 0. The first-order valence-corrected chi connectivity index (χ1v) is 11.3. The lowest BCUT2D eigenvalue weighted by atomic mass is 9.96. The molecule has 6 aromatic rings. The van der Waals surface area contributed by atoms with Gasteiger partial charge in [0.1, 0.15) is 0 Å².